The van der Waals surface area contributed by atoms with Gasteiger partial charge in [-0.15, -0.1) is 12.4 Å². The van der Waals surface area contributed by atoms with Crippen LogP contribution in [0.3, 0.4) is 0 Å². The lowest BCUT2D eigenvalue weighted by Crippen LogP contribution is -2.45. The summed E-state index contributed by atoms with van der Waals surface area (Å²) in [6.07, 6.45) is 4.11. The molecule has 6 rings (SSSR count). The molecule has 2 atom stereocenters. The minimum Gasteiger partial charge on any atom is -0.460 e. The Hall–Kier alpha value is -5.58. The lowest BCUT2D eigenvalue weighted by atomic mass is 10.1. The molecule has 0 saturated carbocycles. The van der Waals surface area contributed by atoms with E-state index < -0.39 is 29.7 Å². The summed E-state index contributed by atoms with van der Waals surface area (Å²) in [7, 11) is 3.95. The van der Waals surface area contributed by atoms with E-state index in [0.717, 1.165) is 44.1 Å². The quantitative estimate of drug-likeness (QED) is 0.101. The second-order valence-electron chi connectivity index (χ2n) is 14.0. The van der Waals surface area contributed by atoms with Crippen molar-refractivity contribution in [3.63, 3.8) is 0 Å². The second-order valence-corrected chi connectivity index (χ2v) is 14.0. The van der Waals surface area contributed by atoms with Crippen LogP contribution in [0.4, 0.5) is 4.79 Å². The third-order valence-corrected chi connectivity index (χ3v) is 8.55. The van der Waals surface area contributed by atoms with Crippen molar-refractivity contribution >= 4 is 52.2 Å². The van der Waals surface area contributed by atoms with E-state index in [-0.39, 0.29) is 39.0 Å². The number of para-hydroxylation sites is 2. The third kappa shape index (κ3) is 12.5. The van der Waals surface area contributed by atoms with Crippen LogP contribution in [0.5, 0.6) is 0 Å². The molecule has 55 heavy (non-hydrogen) atoms. The van der Waals surface area contributed by atoms with Gasteiger partial charge >= 0.3 is 18.0 Å². The average Bonchev–Trinajstić information content (AvgIpc) is 3.64. The highest BCUT2D eigenvalue weighted by molar-refractivity contribution is 5.87. The fourth-order valence-corrected chi connectivity index (χ4v) is 6.02. The number of nitrogens with one attached hydrogen (secondary N) is 1. The summed E-state index contributed by atoms with van der Waals surface area (Å²) in [5.41, 5.74) is 11.4. The Bertz CT molecular complexity index is 2140. The number of aryl methyl sites for hydroxylation is 2. The van der Waals surface area contributed by atoms with Crippen molar-refractivity contribution in [1.82, 2.24) is 14.5 Å². The van der Waals surface area contributed by atoms with Crippen LogP contribution in [0.1, 0.15) is 50.5 Å². The summed E-state index contributed by atoms with van der Waals surface area (Å²) >= 11 is 0. The van der Waals surface area contributed by atoms with Crippen molar-refractivity contribution in [3.8, 4) is 0 Å². The first-order valence-electron chi connectivity index (χ1n) is 17.6. The molecule has 0 saturated heterocycles. The van der Waals surface area contributed by atoms with Crippen LogP contribution in [0, 0.1) is 0 Å². The number of halogens is 1. The number of amides is 1. The Morgan fingerprint density at radius 2 is 1.07 bits per heavy atom. The fourth-order valence-electron chi connectivity index (χ4n) is 6.02. The zero-order valence-corrected chi connectivity index (χ0v) is 32.2. The van der Waals surface area contributed by atoms with E-state index in [0.29, 0.717) is 12.8 Å². The lowest BCUT2D eigenvalue weighted by molar-refractivity contribution is -0.147. The molecule has 0 radical (unpaired) electrons. The molecule has 0 fully saturated rings. The lowest BCUT2D eigenvalue weighted by Gasteiger charge is -2.23. The molecule has 6 aromatic rings. The number of rotatable bonds is 11. The van der Waals surface area contributed by atoms with Gasteiger partial charge in [-0.05, 0) is 55.2 Å². The summed E-state index contributed by atoms with van der Waals surface area (Å²) in [6.45, 7) is 5.73. The first kappa shape index (κ1) is 43.8. The zero-order chi connectivity index (χ0) is 38.0. The van der Waals surface area contributed by atoms with Gasteiger partial charge in [-0.1, -0.05) is 104 Å². The second kappa shape index (κ2) is 20.2. The van der Waals surface area contributed by atoms with Crippen LogP contribution in [0.15, 0.2) is 122 Å². The number of nitrogens with two attached hydrogens (primary N) is 1. The highest BCUT2D eigenvalue weighted by Gasteiger charge is 2.27. The molecule has 0 aliphatic carbocycles. The van der Waals surface area contributed by atoms with Crippen LogP contribution in [0.2, 0.25) is 0 Å². The standard InChI is InChI=1S/C24H28N2O4.C19H20N2O2.CH4.ClH/c1-24(2,3)30-23(28)25-20(22(27)29-16-17-10-6-5-7-11-17)14-18-15-26(4)21-13-9-8-12-19(18)21;1-21-12-15(16-9-5-6-10-18(16)21)11-17(20)19(22)23-13-14-7-3-2-4-8-14;;/h5-13,15,20H,14,16H2,1-4H3,(H,25,28);2-10,12,17H,11,13,20H2,1H3;1H4;1H/t20-;17-;;/m11../s1. The SMILES string of the molecule is C.Cl.Cn1cc(C[C@@H](N)C(=O)OCc2ccccc2)c2ccccc21.Cn1cc(C[C@@H](NC(=O)OC(C)(C)C)C(=O)OCc2ccccc2)c2ccccc21. The molecule has 292 valence electrons. The maximum absolute atomic E-state index is 12.9. The van der Waals surface area contributed by atoms with Gasteiger partial charge in [0.05, 0.1) is 0 Å². The van der Waals surface area contributed by atoms with Crippen LogP contribution < -0.4 is 11.1 Å². The van der Waals surface area contributed by atoms with Gasteiger partial charge in [0.25, 0.3) is 0 Å². The molecule has 0 bridgehead atoms. The van der Waals surface area contributed by atoms with Crippen LogP contribution in [-0.2, 0) is 64.0 Å². The van der Waals surface area contributed by atoms with Gasteiger partial charge in [-0.2, -0.15) is 0 Å². The van der Waals surface area contributed by atoms with Crippen molar-refractivity contribution in [2.45, 2.75) is 71.9 Å². The summed E-state index contributed by atoms with van der Waals surface area (Å²) in [5, 5.41) is 4.85. The molecule has 1 amide bonds. The van der Waals surface area contributed by atoms with Gasteiger partial charge in [0.2, 0.25) is 0 Å². The fraction of sp³-hybridized carbons (Fsp3) is 0.295. The number of nitrogens with zero attached hydrogens (tertiary/aromatic N) is 2. The van der Waals surface area contributed by atoms with E-state index in [2.05, 4.69) is 11.4 Å². The molecule has 0 spiro atoms. The number of fused-ring (bicyclic) bond motifs is 2. The van der Waals surface area contributed by atoms with Crippen molar-refractivity contribution in [3.05, 3.63) is 144 Å². The van der Waals surface area contributed by atoms with Gasteiger partial charge in [-0.25, -0.2) is 9.59 Å². The highest BCUT2D eigenvalue weighted by Crippen LogP contribution is 2.23. The largest absolute Gasteiger partial charge is 0.460 e. The average molecular weight is 769 g/mol. The number of ether oxygens (including phenoxy) is 3. The molecule has 2 aromatic heterocycles. The first-order chi connectivity index (χ1) is 25.4. The van der Waals surface area contributed by atoms with Crippen molar-refractivity contribution in [1.29, 1.82) is 0 Å². The minimum atomic E-state index is -0.866. The molecular formula is C44H53ClN4O6. The first-order valence-corrected chi connectivity index (χ1v) is 17.6. The molecule has 0 aliphatic rings. The van der Waals surface area contributed by atoms with E-state index >= 15 is 0 Å². The normalized spacial score (nSPS) is 11.9. The number of alkyl carbamates (subject to hydrolysis) is 1. The summed E-state index contributed by atoms with van der Waals surface area (Å²) in [6, 6.07) is 33.5. The highest BCUT2D eigenvalue weighted by atomic mass is 35.5. The van der Waals surface area contributed by atoms with Gasteiger partial charge in [-0.3, -0.25) is 4.79 Å². The Balaban J connectivity index is 0.000000294. The van der Waals surface area contributed by atoms with Gasteiger partial charge in [0, 0.05) is 61.1 Å². The number of benzene rings is 4. The van der Waals surface area contributed by atoms with Gasteiger partial charge in [0.15, 0.2) is 0 Å². The number of aromatic nitrogens is 2. The summed E-state index contributed by atoms with van der Waals surface area (Å²) in [5.74, 6) is -0.876. The number of carbonyl (C=O) groups excluding carboxylic acids is 3. The van der Waals surface area contributed by atoms with Crippen molar-refractivity contribution < 1.29 is 28.6 Å². The van der Waals surface area contributed by atoms with Crippen molar-refractivity contribution in [2.75, 3.05) is 0 Å². The van der Waals surface area contributed by atoms with E-state index in [1.165, 1.54) is 0 Å². The summed E-state index contributed by atoms with van der Waals surface area (Å²) < 4.78 is 20.2. The van der Waals surface area contributed by atoms with E-state index in [4.69, 9.17) is 19.9 Å². The Kier molecular flexibility index (Phi) is 16.1. The number of carbonyl (C=O) groups is 3. The number of esters is 2. The van der Waals surface area contributed by atoms with E-state index in [1.54, 1.807) is 20.8 Å². The third-order valence-electron chi connectivity index (χ3n) is 8.55. The van der Waals surface area contributed by atoms with Gasteiger partial charge in [0.1, 0.15) is 30.9 Å². The zero-order valence-electron chi connectivity index (χ0n) is 31.4. The summed E-state index contributed by atoms with van der Waals surface area (Å²) in [4.78, 5) is 37.3. The predicted molar refractivity (Wildman–Crippen MR) is 221 cm³/mol. The molecule has 3 N–H and O–H groups in total. The maximum atomic E-state index is 12.9. The number of hydrogen-bond acceptors (Lipinski definition) is 7. The smallest absolute Gasteiger partial charge is 0.408 e. The predicted octanol–water partition coefficient (Wildman–Crippen LogP) is 8.21. The Labute approximate surface area is 330 Å². The van der Waals surface area contributed by atoms with Crippen LogP contribution in [-0.4, -0.2) is 44.9 Å². The van der Waals surface area contributed by atoms with E-state index in [1.807, 2.05) is 139 Å². The van der Waals surface area contributed by atoms with Crippen LogP contribution >= 0.6 is 12.4 Å². The molecule has 11 heteroatoms. The molecular weight excluding hydrogens is 716 g/mol. The molecule has 0 aliphatic heterocycles. The number of hydrogen-bond donors (Lipinski definition) is 2. The van der Waals surface area contributed by atoms with Gasteiger partial charge < -0.3 is 34.4 Å². The van der Waals surface area contributed by atoms with E-state index in [9.17, 15) is 14.4 Å². The molecule has 2 heterocycles. The van der Waals surface area contributed by atoms with Crippen LogP contribution in [0.25, 0.3) is 21.8 Å². The maximum Gasteiger partial charge on any atom is 0.408 e. The molecule has 10 nitrogen and oxygen atoms in total. The van der Waals surface area contributed by atoms with Crippen molar-refractivity contribution in [2.24, 2.45) is 19.8 Å². The Morgan fingerprint density at radius 3 is 1.55 bits per heavy atom. The molecule has 4 aromatic carbocycles. The Morgan fingerprint density at radius 1 is 0.655 bits per heavy atom. The monoisotopic (exact) mass is 768 g/mol. The topological polar surface area (TPSA) is 127 Å². The minimum absolute atomic E-state index is 0. The molecule has 0 unspecified atom stereocenters.